The molecule has 0 spiro atoms. The predicted molar refractivity (Wildman–Crippen MR) is 83.6 cm³/mol. The maximum Gasteiger partial charge on any atom is 0.231 e. The maximum absolute atomic E-state index is 5.57. The van der Waals surface area contributed by atoms with Gasteiger partial charge in [-0.25, -0.2) is 0 Å². The largest absolute Gasteiger partial charge is 0.454 e. The number of likely N-dealkylation sites (N-methyl/N-ethyl adjacent to an activating group) is 1. The van der Waals surface area contributed by atoms with Crippen LogP contribution in [-0.4, -0.2) is 44.8 Å². The molecule has 0 N–H and O–H groups in total. The lowest BCUT2D eigenvalue weighted by Crippen LogP contribution is -2.32. The van der Waals surface area contributed by atoms with E-state index in [-0.39, 0.29) is 13.1 Å². The predicted octanol–water partition coefficient (Wildman–Crippen LogP) is 3.01. The third-order valence-electron chi connectivity index (χ3n) is 3.11. The zero-order chi connectivity index (χ0) is 15.2. The summed E-state index contributed by atoms with van der Waals surface area (Å²) in [7, 11) is 2.05. The van der Waals surface area contributed by atoms with E-state index in [0.29, 0.717) is 19.8 Å². The number of fused-ring (bicyclic) bond motifs is 1. The van der Waals surface area contributed by atoms with Gasteiger partial charge in [0.1, 0.15) is 0 Å². The SMILES string of the molecule is CCOC(CN(C)Cc1cc(Br)c2c(c1)OCO2)OCC. The van der Waals surface area contributed by atoms with Crippen LogP contribution in [0.2, 0.25) is 0 Å². The Hall–Kier alpha value is -0.820. The Morgan fingerprint density at radius 2 is 1.95 bits per heavy atom. The first kappa shape index (κ1) is 16.5. The first-order chi connectivity index (χ1) is 10.1. The highest BCUT2D eigenvalue weighted by atomic mass is 79.9. The second-order valence-corrected chi connectivity index (χ2v) is 5.70. The van der Waals surface area contributed by atoms with Crippen LogP contribution in [0.5, 0.6) is 11.5 Å². The Morgan fingerprint density at radius 3 is 2.62 bits per heavy atom. The zero-order valence-electron chi connectivity index (χ0n) is 12.7. The minimum Gasteiger partial charge on any atom is -0.454 e. The molecule has 0 saturated heterocycles. The third-order valence-corrected chi connectivity index (χ3v) is 3.69. The second kappa shape index (κ2) is 7.98. The standard InChI is InChI=1S/C15H22BrNO4/c1-4-18-14(19-5-2)9-17(3)8-11-6-12(16)15-13(7-11)20-10-21-15/h6-7,14H,4-5,8-10H2,1-3H3. The van der Waals surface area contributed by atoms with E-state index in [1.807, 2.05) is 27.0 Å². The fourth-order valence-electron chi connectivity index (χ4n) is 2.27. The van der Waals surface area contributed by atoms with E-state index in [1.165, 1.54) is 0 Å². The number of ether oxygens (including phenoxy) is 4. The van der Waals surface area contributed by atoms with Crippen molar-refractivity contribution in [1.29, 1.82) is 0 Å². The van der Waals surface area contributed by atoms with E-state index in [2.05, 4.69) is 26.9 Å². The molecule has 1 aliphatic heterocycles. The highest BCUT2D eigenvalue weighted by molar-refractivity contribution is 9.10. The summed E-state index contributed by atoms with van der Waals surface area (Å²) in [6.07, 6.45) is -0.192. The first-order valence-corrected chi connectivity index (χ1v) is 7.93. The number of hydrogen-bond acceptors (Lipinski definition) is 5. The van der Waals surface area contributed by atoms with Crippen LogP contribution in [0.15, 0.2) is 16.6 Å². The molecule has 0 bridgehead atoms. The van der Waals surface area contributed by atoms with Crippen LogP contribution >= 0.6 is 15.9 Å². The van der Waals surface area contributed by atoms with Crippen molar-refractivity contribution in [3.05, 3.63) is 22.2 Å². The van der Waals surface area contributed by atoms with E-state index in [0.717, 1.165) is 28.1 Å². The molecular formula is C15H22BrNO4. The van der Waals surface area contributed by atoms with Gasteiger partial charge >= 0.3 is 0 Å². The van der Waals surface area contributed by atoms with Crippen molar-refractivity contribution in [1.82, 2.24) is 4.90 Å². The first-order valence-electron chi connectivity index (χ1n) is 7.13. The fourth-order valence-corrected chi connectivity index (χ4v) is 2.87. The molecule has 0 saturated carbocycles. The van der Waals surface area contributed by atoms with Gasteiger partial charge in [-0.05, 0) is 54.5 Å². The van der Waals surface area contributed by atoms with Crippen LogP contribution in [0, 0.1) is 0 Å². The molecule has 1 heterocycles. The van der Waals surface area contributed by atoms with Crippen molar-refractivity contribution in [3.8, 4) is 11.5 Å². The summed E-state index contributed by atoms with van der Waals surface area (Å²) in [6.45, 7) is 7.02. The normalized spacial score (nSPS) is 13.4. The molecule has 0 radical (unpaired) electrons. The van der Waals surface area contributed by atoms with Crippen LogP contribution in [-0.2, 0) is 16.0 Å². The van der Waals surface area contributed by atoms with Crippen LogP contribution in [0.25, 0.3) is 0 Å². The number of rotatable bonds is 8. The molecule has 21 heavy (non-hydrogen) atoms. The Labute approximate surface area is 134 Å². The summed E-state index contributed by atoms with van der Waals surface area (Å²) in [6, 6.07) is 4.07. The molecule has 1 aromatic carbocycles. The minimum atomic E-state index is -0.192. The molecule has 6 heteroatoms. The Bertz CT molecular complexity index is 463. The van der Waals surface area contributed by atoms with Crippen molar-refractivity contribution in [2.24, 2.45) is 0 Å². The van der Waals surface area contributed by atoms with E-state index in [4.69, 9.17) is 18.9 Å². The summed E-state index contributed by atoms with van der Waals surface area (Å²) in [5.41, 5.74) is 1.15. The van der Waals surface area contributed by atoms with Gasteiger partial charge in [0, 0.05) is 26.3 Å². The van der Waals surface area contributed by atoms with Crippen molar-refractivity contribution >= 4 is 15.9 Å². The van der Waals surface area contributed by atoms with E-state index in [9.17, 15) is 0 Å². The van der Waals surface area contributed by atoms with Crippen LogP contribution in [0.4, 0.5) is 0 Å². The van der Waals surface area contributed by atoms with Gasteiger partial charge in [0.25, 0.3) is 0 Å². The minimum absolute atomic E-state index is 0.192. The van der Waals surface area contributed by atoms with Gasteiger partial charge in [-0.1, -0.05) is 0 Å². The molecule has 0 amide bonds. The summed E-state index contributed by atoms with van der Waals surface area (Å²) >= 11 is 3.52. The van der Waals surface area contributed by atoms with Gasteiger partial charge in [-0.2, -0.15) is 0 Å². The average molecular weight is 360 g/mol. The summed E-state index contributed by atoms with van der Waals surface area (Å²) in [5, 5.41) is 0. The Morgan fingerprint density at radius 1 is 1.24 bits per heavy atom. The van der Waals surface area contributed by atoms with Gasteiger partial charge in [0.05, 0.1) is 4.47 Å². The van der Waals surface area contributed by atoms with Gasteiger partial charge in [0.15, 0.2) is 17.8 Å². The van der Waals surface area contributed by atoms with Crippen molar-refractivity contribution in [3.63, 3.8) is 0 Å². The highest BCUT2D eigenvalue weighted by Crippen LogP contribution is 2.40. The third kappa shape index (κ3) is 4.57. The Kier molecular flexibility index (Phi) is 6.29. The lowest BCUT2D eigenvalue weighted by molar-refractivity contribution is -0.145. The van der Waals surface area contributed by atoms with Gasteiger partial charge < -0.3 is 18.9 Å². The van der Waals surface area contributed by atoms with E-state index >= 15 is 0 Å². The second-order valence-electron chi connectivity index (χ2n) is 4.85. The van der Waals surface area contributed by atoms with Gasteiger partial charge in [-0.3, -0.25) is 4.90 Å². The quantitative estimate of drug-likeness (QED) is 0.667. The van der Waals surface area contributed by atoms with Crippen molar-refractivity contribution < 1.29 is 18.9 Å². The summed E-state index contributed by atoms with van der Waals surface area (Å²) in [4.78, 5) is 2.17. The van der Waals surface area contributed by atoms with Gasteiger partial charge in [-0.15, -0.1) is 0 Å². The lowest BCUT2D eigenvalue weighted by Gasteiger charge is -2.24. The van der Waals surface area contributed by atoms with Crippen molar-refractivity contribution in [2.45, 2.75) is 26.7 Å². The van der Waals surface area contributed by atoms with Crippen LogP contribution in [0.3, 0.4) is 0 Å². The monoisotopic (exact) mass is 359 g/mol. The van der Waals surface area contributed by atoms with Gasteiger partial charge in [0.2, 0.25) is 6.79 Å². The molecule has 0 atom stereocenters. The molecule has 118 valence electrons. The number of nitrogens with zero attached hydrogens (tertiary/aromatic N) is 1. The van der Waals surface area contributed by atoms with E-state index in [1.54, 1.807) is 0 Å². The lowest BCUT2D eigenvalue weighted by atomic mass is 10.2. The number of benzene rings is 1. The van der Waals surface area contributed by atoms with Crippen LogP contribution in [0.1, 0.15) is 19.4 Å². The molecular weight excluding hydrogens is 338 g/mol. The molecule has 0 fully saturated rings. The molecule has 2 rings (SSSR count). The maximum atomic E-state index is 5.57. The van der Waals surface area contributed by atoms with Crippen LogP contribution < -0.4 is 9.47 Å². The molecule has 1 aromatic rings. The molecule has 0 unspecified atom stereocenters. The number of halogens is 1. The highest BCUT2D eigenvalue weighted by Gasteiger charge is 2.19. The molecule has 0 aromatic heterocycles. The molecule has 0 aliphatic carbocycles. The fraction of sp³-hybridized carbons (Fsp3) is 0.600. The summed E-state index contributed by atoms with van der Waals surface area (Å²) in [5.74, 6) is 1.57. The average Bonchev–Trinajstić information content (AvgIpc) is 2.88. The molecule has 5 nitrogen and oxygen atoms in total. The number of hydrogen-bond donors (Lipinski definition) is 0. The van der Waals surface area contributed by atoms with E-state index < -0.39 is 0 Å². The Balaban J connectivity index is 1.96. The van der Waals surface area contributed by atoms with Crippen molar-refractivity contribution in [2.75, 3.05) is 33.6 Å². The smallest absolute Gasteiger partial charge is 0.231 e. The summed E-state index contributed by atoms with van der Waals surface area (Å²) < 4.78 is 22.9. The topological polar surface area (TPSA) is 40.2 Å². The zero-order valence-corrected chi connectivity index (χ0v) is 14.3. The molecule has 1 aliphatic rings.